The number of aryl methyl sites for hydroxylation is 1. The third kappa shape index (κ3) is 2.98. The molecule has 0 aliphatic carbocycles. The first kappa shape index (κ1) is 15.7. The molecule has 0 aromatic carbocycles. The Balaban J connectivity index is 2.09. The average molecular weight is 377 g/mol. The van der Waals surface area contributed by atoms with Crippen LogP contribution in [0.1, 0.15) is 31.3 Å². The van der Waals surface area contributed by atoms with Crippen LogP contribution < -0.4 is 5.32 Å². The van der Waals surface area contributed by atoms with Gasteiger partial charge < -0.3 is 5.32 Å². The molecule has 0 radical (unpaired) electrons. The van der Waals surface area contributed by atoms with Gasteiger partial charge in [-0.2, -0.15) is 10.2 Å². The molecular weight excluding hydrogens is 360 g/mol. The van der Waals surface area contributed by atoms with Crippen molar-refractivity contribution >= 4 is 27.5 Å². The first-order valence-corrected chi connectivity index (χ1v) is 8.18. The molecule has 0 saturated heterocycles. The van der Waals surface area contributed by atoms with Crippen LogP contribution in [0.15, 0.2) is 29.0 Å². The molecule has 3 aromatic rings. The van der Waals surface area contributed by atoms with Crippen molar-refractivity contribution in [3.8, 4) is 11.4 Å². The lowest BCUT2D eigenvalue weighted by Gasteiger charge is -2.05. The van der Waals surface area contributed by atoms with E-state index in [0.717, 1.165) is 22.4 Å². The first-order valence-electron chi connectivity index (χ1n) is 7.38. The maximum absolute atomic E-state index is 12.1. The normalized spacial score (nSPS) is 11.3. The summed E-state index contributed by atoms with van der Waals surface area (Å²) in [5, 5.41) is 11.8. The number of halogens is 1. The molecule has 0 aliphatic heterocycles. The van der Waals surface area contributed by atoms with E-state index in [9.17, 15) is 4.79 Å². The van der Waals surface area contributed by atoms with Crippen molar-refractivity contribution < 1.29 is 4.79 Å². The molecule has 8 heteroatoms. The van der Waals surface area contributed by atoms with Crippen LogP contribution in [0.5, 0.6) is 0 Å². The third-order valence-electron chi connectivity index (χ3n) is 3.29. The molecule has 0 saturated carbocycles. The minimum atomic E-state index is -0.213. The summed E-state index contributed by atoms with van der Waals surface area (Å²) in [5.74, 6) is -0.213. The fourth-order valence-corrected chi connectivity index (χ4v) is 2.77. The summed E-state index contributed by atoms with van der Waals surface area (Å²) in [6, 6.07) is 3.55. The number of carbonyl (C=O) groups is 1. The molecular formula is C15H17BrN6O. The highest BCUT2D eigenvalue weighted by atomic mass is 79.9. The summed E-state index contributed by atoms with van der Waals surface area (Å²) < 4.78 is 4.35. The molecule has 3 rings (SSSR count). The zero-order valence-corrected chi connectivity index (χ0v) is 14.7. The van der Waals surface area contributed by atoms with Gasteiger partial charge in [0, 0.05) is 31.0 Å². The molecule has 0 aliphatic rings. The smallest absolute Gasteiger partial charge is 0.272 e. The highest BCUT2D eigenvalue weighted by molar-refractivity contribution is 9.10. The second-order valence-electron chi connectivity index (χ2n) is 5.44. The highest BCUT2D eigenvalue weighted by Crippen LogP contribution is 2.26. The predicted molar refractivity (Wildman–Crippen MR) is 90.2 cm³/mol. The van der Waals surface area contributed by atoms with Gasteiger partial charge in [-0.1, -0.05) is 0 Å². The van der Waals surface area contributed by atoms with E-state index in [2.05, 4.69) is 36.4 Å². The summed E-state index contributed by atoms with van der Waals surface area (Å²) in [6.45, 7) is 6.61. The van der Waals surface area contributed by atoms with E-state index < -0.39 is 0 Å². The van der Waals surface area contributed by atoms with Crippen LogP contribution in [-0.2, 0) is 6.54 Å². The molecule has 3 aromatic heterocycles. The van der Waals surface area contributed by atoms with Gasteiger partial charge in [0.15, 0.2) is 11.3 Å². The Morgan fingerprint density at radius 1 is 1.39 bits per heavy atom. The Bertz CT molecular complexity index is 866. The van der Waals surface area contributed by atoms with E-state index in [0.29, 0.717) is 11.3 Å². The summed E-state index contributed by atoms with van der Waals surface area (Å²) in [4.78, 5) is 16.4. The fraction of sp³-hybridized carbons (Fsp3) is 0.333. The van der Waals surface area contributed by atoms with Gasteiger partial charge >= 0.3 is 0 Å². The maximum atomic E-state index is 12.1. The van der Waals surface area contributed by atoms with Crippen molar-refractivity contribution in [3.05, 3.63) is 34.7 Å². The first-order chi connectivity index (χ1) is 11.0. The molecule has 1 amide bonds. The van der Waals surface area contributed by atoms with E-state index in [-0.39, 0.29) is 11.9 Å². The number of hydrogen-bond acceptors (Lipinski definition) is 4. The number of rotatable bonds is 4. The highest BCUT2D eigenvalue weighted by Gasteiger charge is 2.17. The van der Waals surface area contributed by atoms with Crippen molar-refractivity contribution in [2.75, 3.05) is 0 Å². The number of amides is 1. The van der Waals surface area contributed by atoms with Crippen LogP contribution in [0.25, 0.3) is 17.0 Å². The van der Waals surface area contributed by atoms with Gasteiger partial charge in [-0.05, 0) is 42.8 Å². The summed E-state index contributed by atoms with van der Waals surface area (Å²) in [5.41, 5.74) is 2.48. The molecule has 0 atom stereocenters. The van der Waals surface area contributed by atoms with Crippen LogP contribution in [0.3, 0.4) is 0 Å². The molecule has 1 N–H and O–H groups in total. The van der Waals surface area contributed by atoms with Crippen LogP contribution in [0.2, 0.25) is 0 Å². The Morgan fingerprint density at radius 3 is 2.83 bits per heavy atom. The maximum Gasteiger partial charge on any atom is 0.272 e. The van der Waals surface area contributed by atoms with E-state index in [1.807, 2.05) is 37.7 Å². The molecule has 0 bridgehead atoms. The van der Waals surface area contributed by atoms with Crippen LogP contribution in [0, 0.1) is 0 Å². The molecule has 0 fully saturated rings. The number of hydrogen-bond donors (Lipinski definition) is 1. The van der Waals surface area contributed by atoms with Crippen molar-refractivity contribution in [3.63, 3.8) is 0 Å². The summed E-state index contributed by atoms with van der Waals surface area (Å²) >= 11 is 3.52. The minimum Gasteiger partial charge on any atom is -0.348 e. The fourth-order valence-electron chi connectivity index (χ4n) is 2.25. The number of fused-ring (bicyclic) bond motifs is 1. The molecule has 23 heavy (non-hydrogen) atoms. The van der Waals surface area contributed by atoms with E-state index >= 15 is 0 Å². The van der Waals surface area contributed by atoms with Crippen molar-refractivity contribution in [2.45, 2.75) is 33.4 Å². The monoisotopic (exact) mass is 376 g/mol. The zero-order valence-electron chi connectivity index (χ0n) is 13.1. The second-order valence-corrected chi connectivity index (χ2v) is 6.29. The Labute approximate surface area is 141 Å². The number of aromatic nitrogens is 5. The SMILES string of the molecule is CCn1cc(Br)c(-c2ccnc3cc(C(=O)NC(C)C)nn23)n1. The zero-order chi connectivity index (χ0) is 16.6. The topological polar surface area (TPSA) is 77.1 Å². The van der Waals surface area contributed by atoms with E-state index in [1.54, 1.807) is 16.8 Å². The Morgan fingerprint density at radius 2 is 2.17 bits per heavy atom. The third-order valence-corrected chi connectivity index (χ3v) is 3.87. The number of carbonyl (C=O) groups excluding carboxylic acids is 1. The van der Waals surface area contributed by atoms with Gasteiger partial charge in [-0.15, -0.1) is 0 Å². The van der Waals surface area contributed by atoms with Gasteiger partial charge in [0.1, 0.15) is 5.69 Å². The quantitative estimate of drug-likeness (QED) is 0.758. The minimum absolute atomic E-state index is 0.0501. The predicted octanol–water partition coefficient (Wildman–Crippen LogP) is 2.51. The van der Waals surface area contributed by atoms with Crippen molar-refractivity contribution in [1.82, 2.24) is 29.7 Å². The summed E-state index contributed by atoms with van der Waals surface area (Å²) in [7, 11) is 0. The van der Waals surface area contributed by atoms with Gasteiger partial charge in [0.25, 0.3) is 5.91 Å². The lowest BCUT2D eigenvalue weighted by Crippen LogP contribution is -2.30. The van der Waals surface area contributed by atoms with Crippen LogP contribution in [-0.4, -0.2) is 36.3 Å². The van der Waals surface area contributed by atoms with Gasteiger partial charge in [0.05, 0.1) is 10.2 Å². The number of nitrogens with one attached hydrogen (secondary N) is 1. The van der Waals surface area contributed by atoms with Crippen molar-refractivity contribution in [1.29, 1.82) is 0 Å². The van der Waals surface area contributed by atoms with Gasteiger partial charge in [-0.3, -0.25) is 9.48 Å². The van der Waals surface area contributed by atoms with Crippen LogP contribution in [0.4, 0.5) is 0 Å². The lowest BCUT2D eigenvalue weighted by atomic mass is 10.3. The number of nitrogens with zero attached hydrogens (tertiary/aromatic N) is 5. The van der Waals surface area contributed by atoms with Crippen molar-refractivity contribution in [2.24, 2.45) is 0 Å². The van der Waals surface area contributed by atoms with Gasteiger partial charge in [0.2, 0.25) is 0 Å². The lowest BCUT2D eigenvalue weighted by molar-refractivity contribution is 0.0938. The molecule has 7 nitrogen and oxygen atoms in total. The Hall–Kier alpha value is -2.22. The molecule has 0 unspecified atom stereocenters. The molecule has 3 heterocycles. The molecule has 120 valence electrons. The largest absolute Gasteiger partial charge is 0.348 e. The second kappa shape index (κ2) is 6.11. The average Bonchev–Trinajstić information content (AvgIpc) is 3.09. The van der Waals surface area contributed by atoms with E-state index in [4.69, 9.17) is 0 Å². The summed E-state index contributed by atoms with van der Waals surface area (Å²) in [6.07, 6.45) is 3.60. The van der Waals surface area contributed by atoms with Gasteiger partial charge in [-0.25, -0.2) is 9.50 Å². The Kier molecular flexibility index (Phi) is 4.16. The van der Waals surface area contributed by atoms with E-state index in [1.165, 1.54) is 0 Å². The van der Waals surface area contributed by atoms with Crippen LogP contribution >= 0.6 is 15.9 Å². The molecule has 0 spiro atoms. The standard InChI is InChI=1S/C15H17BrN6O/c1-4-21-8-10(16)14(20-21)12-5-6-17-13-7-11(19-22(12)13)15(23)18-9(2)3/h5-9H,4H2,1-3H3,(H,18,23).